The van der Waals surface area contributed by atoms with Crippen LogP contribution in [0.15, 0.2) is 0 Å². The van der Waals surface area contributed by atoms with Crippen LogP contribution in [-0.2, 0) is 9.53 Å². The molecule has 1 amide bonds. The fourth-order valence-corrected chi connectivity index (χ4v) is 0.692. The summed E-state index contributed by atoms with van der Waals surface area (Å²) in [6, 6.07) is -0.414. The van der Waals surface area contributed by atoms with Gasteiger partial charge in [-0.1, -0.05) is 6.92 Å². The number of alkyl carbamates (subject to hydrolysis) is 1. The second-order valence-corrected chi connectivity index (χ2v) is 2.21. The van der Waals surface area contributed by atoms with E-state index in [2.05, 4.69) is 10.1 Å². The second-order valence-electron chi connectivity index (χ2n) is 2.21. The summed E-state index contributed by atoms with van der Waals surface area (Å²) in [5.41, 5.74) is 0. The Labute approximate surface area is 65.9 Å². The van der Waals surface area contributed by atoms with Crippen molar-refractivity contribution in [3.63, 3.8) is 0 Å². The van der Waals surface area contributed by atoms with E-state index in [1.807, 2.05) is 6.92 Å². The van der Waals surface area contributed by atoms with Crippen molar-refractivity contribution in [3.05, 3.63) is 0 Å². The van der Waals surface area contributed by atoms with Crippen LogP contribution in [0, 0.1) is 0 Å². The van der Waals surface area contributed by atoms with Gasteiger partial charge < -0.3 is 10.1 Å². The Hall–Kier alpha value is -1.06. The number of carbonyl (C=O) groups excluding carboxylic acids is 2. The van der Waals surface area contributed by atoms with Crippen LogP contribution in [0.4, 0.5) is 4.79 Å². The minimum absolute atomic E-state index is 0.0575. The predicted molar refractivity (Wildman–Crippen MR) is 40.3 cm³/mol. The molecule has 0 bridgehead atoms. The standard InChI is InChI=1S/C7H13NO3/c1-4-6(5(2)9)8-7(10)11-3/h6H,4H2,1-3H3,(H,8,10)/t6-/m1/s1. The first-order chi connectivity index (χ1) is 5.11. The van der Waals surface area contributed by atoms with Crippen LogP contribution in [0.25, 0.3) is 0 Å². The molecule has 0 saturated heterocycles. The Morgan fingerprint density at radius 2 is 2.09 bits per heavy atom. The van der Waals surface area contributed by atoms with Crippen LogP contribution in [0.5, 0.6) is 0 Å². The molecule has 11 heavy (non-hydrogen) atoms. The maximum absolute atomic E-state index is 10.8. The molecule has 0 aromatic rings. The molecule has 0 aromatic heterocycles. The van der Waals surface area contributed by atoms with E-state index in [0.29, 0.717) is 6.42 Å². The molecule has 0 radical (unpaired) electrons. The summed E-state index contributed by atoms with van der Waals surface area (Å²) < 4.78 is 4.33. The number of amides is 1. The minimum Gasteiger partial charge on any atom is -0.453 e. The molecular weight excluding hydrogens is 146 g/mol. The van der Waals surface area contributed by atoms with Gasteiger partial charge in [0, 0.05) is 0 Å². The number of methoxy groups -OCH3 is 1. The summed E-state index contributed by atoms with van der Waals surface area (Å²) >= 11 is 0. The number of ketones is 1. The number of Topliss-reactive ketones (excluding diaryl/α,β-unsaturated/α-hetero) is 1. The lowest BCUT2D eigenvalue weighted by atomic mass is 10.1. The van der Waals surface area contributed by atoms with E-state index < -0.39 is 12.1 Å². The molecule has 4 heteroatoms. The van der Waals surface area contributed by atoms with Crippen molar-refractivity contribution in [3.8, 4) is 0 Å². The SMILES string of the molecule is CC[C@@H](NC(=O)OC)C(C)=O. The Balaban J connectivity index is 3.88. The van der Waals surface area contributed by atoms with Gasteiger partial charge in [0.1, 0.15) is 0 Å². The van der Waals surface area contributed by atoms with E-state index in [0.717, 1.165) is 0 Å². The van der Waals surface area contributed by atoms with E-state index in [9.17, 15) is 9.59 Å². The molecule has 0 aliphatic heterocycles. The highest BCUT2D eigenvalue weighted by molar-refractivity contribution is 5.85. The van der Waals surface area contributed by atoms with E-state index >= 15 is 0 Å². The fraction of sp³-hybridized carbons (Fsp3) is 0.714. The van der Waals surface area contributed by atoms with Gasteiger partial charge in [-0.05, 0) is 13.3 Å². The van der Waals surface area contributed by atoms with Crippen molar-refractivity contribution in [2.24, 2.45) is 0 Å². The summed E-state index contributed by atoms with van der Waals surface area (Å²) in [5.74, 6) is -0.0575. The quantitative estimate of drug-likeness (QED) is 0.659. The summed E-state index contributed by atoms with van der Waals surface area (Å²) in [4.78, 5) is 21.4. The van der Waals surface area contributed by atoms with Crippen LogP contribution in [0.3, 0.4) is 0 Å². The number of ether oxygens (including phenoxy) is 1. The number of hydrogen-bond acceptors (Lipinski definition) is 3. The van der Waals surface area contributed by atoms with Gasteiger partial charge in [-0.25, -0.2) is 4.79 Å². The number of hydrogen-bond donors (Lipinski definition) is 1. The maximum Gasteiger partial charge on any atom is 0.407 e. The molecule has 1 atom stereocenters. The predicted octanol–water partition coefficient (Wildman–Crippen LogP) is 0.710. The summed E-state index contributed by atoms with van der Waals surface area (Å²) in [5, 5.41) is 2.41. The molecule has 0 unspecified atom stereocenters. The summed E-state index contributed by atoms with van der Waals surface area (Å²) in [7, 11) is 1.27. The van der Waals surface area contributed by atoms with Crippen LogP contribution in [0.1, 0.15) is 20.3 Å². The van der Waals surface area contributed by atoms with Gasteiger partial charge in [-0.15, -0.1) is 0 Å². The van der Waals surface area contributed by atoms with Crippen LogP contribution >= 0.6 is 0 Å². The highest BCUT2D eigenvalue weighted by Gasteiger charge is 2.13. The van der Waals surface area contributed by atoms with Crippen molar-refractivity contribution < 1.29 is 14.3 Å². The maximum atomic E-state index is 10.8. The second kappa shape index (κ2) is 4.71. The number of rotatable bonds is 3. The molecule has 1 N–H and O–H groups in total. The third-order valence-electron chi connectivity index (χ3n) is 1.38. The van der Waals surface area contributed by atoms with Crippen molar-refractivity contribution in [1.82, 2.24) is 5.32 Å². The molecule has 0 saturated carbocycles. The highest BCUT2D eigenvalue weighted by Crippen LogP contribution is 1.92. The topological polar surface area (TPSA) is 55.4 Å². The average Bonchev–Trinajstić information content (AvgIpc) is 1.99. The first-order valence-corrected chi connectivity index (χ1v) is 3.46. The Kier molecular flexibility index (Phi) is 4.26. The zero-order chi connectivity index (χ0) is 8.85. The highest BCUT2D eigenvalue weighted by atomic mass is 16.5. The van der Waals surface area contributed by atoms with E-state index in [1.54, 1.807) is 0 Å². The van der Waals surface area contributed by atoms with Crippen molar-refractivity contribution in [2.75, 3.05) is 7.11 Å². The summed E-state index contributed by atoms with van der Waals surface area (Å²) in [6.45, 7) is 3.26. The molecule has 0 aliphatic rings. The smallest absolute Gasteiger partial charge is 0.407 e. The van der Waals surface area contributed by atoms with Gasteiger partial charge in [0.05, 0.1) is 13.2 Å². The fourth-order valence-electron chi connectivity index (χ4n) is 0.692. The molecule has 4 nitrogen and oxygen atoms in total. The molecule has 0 fully saturated rings. The first kappa shape index (κ1) is 9.94. The average molecular weight is 159 g/mol. The normalized spacial score (nSPS) is 11.9. The Morgan fingerprint density at radius 3 is 2.36 bits per heavy atom. The lowest BCUT2D eigenvalue weighted by Gasteiger charge is -2.11. The zero-order valence-corrected chi connectivity index (χ0v) is 7.01. The van der Waals surface area contributed by atoms with Crippen molar-refractivity contribution in [1.29, 1.82) is 0 Å². The van der Waals surface area contributed by atoms with Gasteiger partial charge in [0.2, 0.25) is 0 Å². The van der Waals surface area contributed by atoms with E-state index in [1.165, 1.54) is 14.0 Å². The molecule has 0 rings (SSSR count). The largest absolute Gasteiger partial charge is 0.453 e. The lowest BCUT2D eigenvalue weighted by molar-refractivity contribution is -0.118. The molecule has 0 aromatic carbocycles. The Bertz CT molecular complexity index is 156. The third-order valence-corrected chi connectivity index (χ3v) is 1.38. The van der Waals surface area contributed by atoms with Crippen molar-refractivity contribution >= 4 is 11.9 Å². The molecule has 0 heterocycles. The van der Waals surface area contributed by atoms with Gasteiger partial charge in [-0.3, -0.25) is 4.79 Å². The van der Waals surface area contributed by atoms with Crippen molar-refractivity contribution in [2.45, 2.75) is 26.3 Å². The molecule has 0 aliphatic carbocycles. The zero-order valence-electron chi connectivity index (χ0n) is 7.01. The Morgan fingerprint density at radius 1 is 1.55 bits per heavy atom. The summed E-state index contributed by atoms with van der Waals surface area (Å²) in [6.07, 6.45) is 0.0248. The van der Waals surface area contributed by atoms with Gasteiger partial charge in [0.25, 0.3) is 0 Å². The van der Waals surface area contributed by atoms with Crippen LogP contribution in [0.2, 0.25) is 0 Å². The van der Waals surface area contributed by atoms with Gasteiger partial charge in [0.15, 0.2) is 5.78 Å². The molecule has 0 spiro atoms. The van der Waals surface area contributed by atoms with Crippen LogP contribution < -0.4 is 5.32 Å². The molecule has 64 valence electrons. The lowest BCUT2D eigenvalue weighted by Crippen LogP contribution is -2.39. The monoisotopic (exact) mass is 159 g/mol. The first-order valence-electron chi connectivity index (χ1n) is 3.46. The van der Waals surface area contributed by atoms with Gasteiger partial charge >= 0.3 is 6.09 Å². The number of carbonyl (C=O) groups is 2. The van der Waals surface area contributed by atoms with E-state index in [4.69, 9.17) is 0 Å². The number of nitrogens with one attached hydrogen (secondary N) is 1. The molecular formula is C7H13NO3. The van der Waals surface area contributed by atoms with E-state index in [-0.39, 0.29) is 5.78 Å². The third kappa shape index (κ3) is 3.60. The minimum atomic E-state index is -0.563. The van der Waals surface area contributed by atoms with Gasteiger partial charge in [-0.2, -0.15) is 0 Å². The van der Waals surface area contributed by atoms with Crippen LogP contribution in [-0.4, -0.2) is 25.0 Å².